The Bertz CT molecular complexity index is 400. The normalized spacial score (nSPS) is 16.7. The Kier molecular flexibility index (Phi) is 4.15. The second kappa shape index (κ2) is 5.82. The minimum absolute atomic E-state index is 0.00927. The zero-order valence-corrected chi connectivity index (χ0v) is 10.4. The van der Waals surface area contributed by atoms with E-state index in [0.29, 0.717) is 5.75 Å². The Hall–Kier alpha value is -1.62. The van der Waals surface area contributed by atoms with Crippen LogP contribution in [0.1, 0.15) is 0 Å². The molecule has 18 heavy (non-hydrogen) atoms. The van der Waals surface area contributed by atoms with E-state index in [1.807, 2.05) is 7.05 Å². The van der Waals surface area contributed by atoms with Crippen molar-refractivity contribution < 1.29 is 13.9 Å². The van der Waals surface area contributed by atoms with E-state index in [4.69, 9.17) is 4.74 Å². The molecule has 0 bridgehead atoms. The van der Waals surface area contributed by atoms with Gasteiger partial charge in [-0.2, -0.15) is 0 Å². The first-order chi connectivity index (χ1) is 8.65. The standard InChI is InChI=1S/C13H17FN2O2/c1-15-6-8-16(9-7-15)13(17)10-18-12-4-2-11(14)3-5-12/h2-5H,6-10H2,1H3. The Balaban J connectivity index is 1.79. The maximum Gasteiger partial charge on any atom is 0.260 e. The maximum absolute atomic E-state index is 12.7. The molecular weight excluding hydrogens is 235 g/mol. The van der Waals surface area contributed by atoms with E-state index in [1.54, 1.807) is 4.90 Å². The fourth-order valence-corrected chi connectivity index (χ4v) is 1.82. The van der Waals surface area contributed by atoms with Crippen LogP contribution < -0.4 is 4.74 Å². The number of carbonyl (C=O) groups is 1. The fourth-order valence-electron chi connectivity index (χ4n) is 1.82. The van der Waals surface area contributed by atoms with E-state index in [1.165, 1.54) is 24.3 Å². The summed E-state index contributed by atoms with van der Waals surface area (Å²) in [6.07, 6.45) is 0. The fraction of sp³-hybridized carbons (Fsp3) is 0.462. The third-order valence-electron chi connectivity index (χ3n) is 3.03. The molecule has 1 aromatic rings. The van der Waals surface area contributed by atoms with Crippen LogP contribution in [-0.4, -0.2) is 55.5 Å². The smallest absolute Gasteiger partial charge is 0.260 e. The van der Waals surface area contributed by atoms with Crippen molar-refractivity contribution in [1.82, 2.24) is 9.80 Å². The minimum Gasteiger partial charge on any atom is -0.484 e. The lowest BCUT2D eigenvalue weighted by Gasteiger charge is -2.32. The zero-order valence-electron chi connectivity index (χ0n) is 10.4. The van der Waals surface area contributed by atoms with E-state index in [2.05, 4.69) is 4.90 Å². The largest absolute Gasteiger partial charge is 0.484 e. The molecule has 1 saturated heterocycles. The van der Waals surface area contributed by atoms with Gasteiger partial charge in [0, 0.05) is 26.2 Å². The average Bonchev–Trinajstić information content (AvgIpc) is 2.38. The number of carbonyl (C=O) groups excluding carboxylic acids is 1. The predicted octanol–water partition coefficient (Wildman–Crippen LogP) is 0.978. The monoisotopic (exact) mass is 252 g/mol. The van der Waals surface area contributed by atoms with Crippen LogP contribution >= 0.6 is 0 Å². The van der Waals surface area contributed by atoms with Gasteiger partial charge in [0.2, 0.25) is 0 Å². The van der Waals surface area contributed by atoms with Gasteiger partial charge in [0.25, 0.3) is 5.91 Å². The predicted molar refractivity (Wildman–Crippen MR) is 66.0 cm³/mol. The third kappa shape index (κ3) is 3.43. The van der Waals surface area contributed by atoms with E-state index < -0.39 is 0 Å². The van der Waals surface area contributed by atoms with Gasteiger partial charge >= 0.3 is 0 Å². The number of piperazine rings is 1. The highest BCUT2D eigenvalue weighted by Crippen LogP contribution is 2.11. The topological polar surface area (TPSA) is 32.8 Å². The highest BCUT2D eigenvalue weighted by molar-refractivity contribution is 5.77. The number of likely N-dealkylation sites (N-methyl/N-ethyl adjacent to an activating group) is 1. The number of rotatable bonds is 3. The molecule has 0 atom stereocenters. The molecule has 0 unspecified atom stereocenters. The van der Waals surface area contributed by atoms with Gasteiger partial charge in [-0.15, -0.1) is 0 Å². The molecular formula is C13H17FN2O2. The molecule has 0 spiro atoms. The molecule has 98 valence electrons. The summed E-state index contributed by atoms with van der Waals surface area (Å²) < 4.78 is 18.0. The van der Waals surface area contributed by atoms with Crippen LogP contribution in [0, 0.1) is 5.82 Å². The molecule has 1 aromatic carbocycles. The van der Waals surface area contributed by atoms with Gasteiger partial charge in [0.05, 0.1) is 0 Å². The highest BCUT2D eigenvalue weighted by Gasteiger charge is 2.19. The Morgan fingerprint density at radius 3 is 2.44 bits per heavy atom. The Morgan fingerprint density at radius 1 is 1.22 bits per heavy atom. The van der Waals surface area contributed by atoms with Gasteiger partial charge in [-0.25, -0.2) is 4.39 Å². The molecule has 4 nitrogen and oxygen atoms in total. The van der Waals surface area contributed by atoms with Gasteiger partial charge in [0.15, 0.2) is 6.61 Å². The van der Waals surface area contributed by atoms with Crippen LogP contribution in [-0.2, 0) is 4.79 Å². The highest BCUT2D eigenvalue weighted by atomic mass is 19.1. The number of amides is 1. The molecule has 1 aliphatic rings. The first-order valence-corrected chi connectivity index (χ1v) is 6.00. The molecule has 1 amide bonds. The second-order valence-corrected chi connectivity index (χ2v) is 4.43. The van der Waals surface area contributed by atoms with E-state index in [-0.39, 0.29) is 18.3 Å². The van der Waals surface area contributed by atoms with Crippen molar-refractivity contribution in [1.29, 1.82) is 0 Å². The molecule has 0 aromatic heterocycles. The van der Waals surface area contributed by atoms with E-state index in [0.717, 1.165) is 26.2 Å². The molecule has 0 radical (unpaired) electrons. The number of ether oxygens (including phenoxy) is 1. The lowest BCUT2D eigenvalue weighted by atomic mass is 10.3. The van der Waals surface area contributed by atoms with Crippen molar-refractivity contribution in [2.75, 3.05) is 39.8 Å². The Morgan fingerprint density at radius 2 is 1.83 bits per heavy atom. The molecule has 1 fully saturated rings. The molecule has 1 heterocycles. The molecule has 2 rings (SSSR count). The van der Waals surface area contributed by atoms with Crippen LogP contribution in [0.15, 0.2) is 24.3 Å². The lowest BCUT2D eigenvalue weighted by molar-refractivity contribution is -0.134. The number of halogens is 1. The molecule has 0 aliphatic carbocycles. The first kappa shape index (κ1) is 12.8. The number of benzene rings is 1. The lowest BCUT2D eigenvalue weighted by Crippen LogP contribution is -2.48. The van der Waals surface area contributed by atoms with Gasteiger partial charge in [-0.1, -0.05) is 0 Å². The minimum atomic E-state index is -0.312. The van der Waals surface area contributed by atoms with Crippen molar-refractivity contribution >= 4 is 5.91 Å². The van der Waals surface area contributed by atoms with Crippen LogP contribution in [0.2, 0.25) is 0 Å². The summed E-state index contributed by atoms with van der Waals surface area (Å²) in [5.74, 6) is 0.180. The van der Waals surface area contributed by atoms with Crippen molar-refractivity contribution in [2.45, 2.75) is 0 Å². The maximum atomic E-state index is 12.7. The van der Waals surface area contributed by atoms with E-state index in [9.17, 15) is 9.18 Å². The van der Waals surface area contributed by atoms with Gasteiger partial charge in [-0.3, -0.25) is 4.79 Å². The third-order valence-corrected chi connectivity index (χ3v) is 3.03. The Labute approximate surface area is 106 Å². The number of hydrogen-bond acceptors (Lipinski definition) is 3. The van der Waals surface area contributed by atoms with Crippen molar-refractivity contribution in [3.05, 3.63) is 30.1 Å². The van der Waals surface area contributed by atoms with Crippen molar-refractivity contribution in [3.63, 3.8) is 0 Å². The number of hydrogen-bond donors (Lipinski definition) is 0. The summed E-state index contributed by atoms with van der Waals surface area (Å²) in [5, 5.41) is 0. The molecule has 1 aliphatic heterocycles. The molecule has 5 heteroatoms. The van der Waals surface area contributed by atoms with Crippen LogP contribution in [0.25, 0.3) is 0 Å². The number of nitrogens with zero attached hydrogens (tertiary/aromatic N) is 2. The van der Waals surface area contributed by atoms with E-state index >= 15 is 0 Å². The van der Waals surface area contributed by atoms with Crippen molar-refractivity contribution in [2.24, 2.45) is 0 Å². The first-order valence-electron chi connectivity index (χ1n) is 6.00. The summed E-state index contributed by atoms with van der Waals surface area (Å²) in [6, 6.07) is 5.67. The van der Waals surface area contributed by atoms with Crippen LogP contribution in [0.3, 0.4) is 0 Å². The van der Waals surface area contributed by atoms with Gasteiger partial charge in [-0.05, 0) is 31.3 Å². The SMILES string of the molecule is CN1CCN(C(=O)COc2ccc(F)cc2)CC1. The van der Waals surface area contributed by atoms with Gasteiger partial charge in [0.1, 0.15) is 11.6 Å². The van der Waals surface area contributed by atoms with Crippen LogP contribution in [0.4, 0.5) is 4.39 Å². The molecule has 0 N–H and O–H groups in total. The quantitative estimate of drug-likeness (QED) is 0.804. The summed E-state index contributed by atoms with van der Waals surface area (Å²) in [5.41, 5.74) is 0. The van der Waals surface area contributed by atoms with Gasteiger partial charge < -0.3 is 14.5 Å². The second-order valence-electron chi connectivity index (χ2n) is 4.43. The zero-order chi connectivity index (χ0) is 13.0. The summed E-state index contributed by atoms with van der Waals surface area (Å²) in [6.45, 7) is 3.27. The van der Waals surface area contributed by atoms with Crippen molar-refractivity contribution in [3.8, 4) is 5.75 Å². The van der Waals surface area contributed by atoms with Crippen LogP contribution in [0.5, 0.6) is 5.75 Å². The molecule has 0 saturated carbocycles. The summed E-state index contributed by atoms with van der Waals surface area (Å²) in [7, 11) is 2.04. The average molecular weight is 252 g/mol. The summed E-state index contributed by atoms with van der Waals surface area (Å²) in [4.78, 5) is 15.8. The summed E-state index contributed by atoms with van der Waals surface area (Å²) >= 11 is 0.